The van der Waals surface area contributed by atoms with Gasteiger partial charge in [-0.05, 0) is 37.5 Å². The van der Waals surface area contributed by atoms with Crippen LogP contribution in [0.3, 0.4) is 0 Å². The first-order valence-electron chi connectivity index (χ1n) is 5.90. The number of rotatable bonds is 3. The van der Waals surface area contributed by atoms with Gasteiger partial charge in [0.05, 0.1) is 0 Å². The molecule has 0 aromatic heterocycles. The van der Waals surface area contributed by atoms with Crippen molar-refractivity contribution in [2.75, 3.05) is 6.54 Å². The Hall–Kier alpha value is -0.340. The highest BCUT2D eigenvalue weighted by Gasteiger charge is 2.21. The molecule has 0 aromatic rings. The molecule has 2 heteroatoms. The van der Waals surface area contributed by atoms with Crippen LogP contribution in [0.4, 0.5) is 0 Å². The number of hydrogen-bond donors (Lipinski definition) is 2. The lowest BCUT2D eigenvalue weighted by molar-refractivity contribution is 0.441. The third-order valence-electron chi connectivity index (χ3n) is 3.46. The summed E-state index contributed by atoms with van der Waals surface area (Å²) in [7, 11) is 0. The molecule has 1 aliphatic carbocycles. The molecule has 0 saturated heterocycles. The van der Waals surface area contributed by atoms with Gasteiger partial charge in [-0.15, -0.1) is 0 Å². The minimum atomic E-state index is 0.356. The molecular weight excluding hydrogens is 172 g/mol. The maximum absolute atomic E-state index is 6.14. The summed E-state index contributed by atoms with van der Waals surface area (Å²) in [6.45, 7) is 2.92. The fourth-order valence-corrected chi connectivity index (χ4v) is 2.33. The Morgan fingerprint density at radius 1 is 1.21 bits per heavy atom. The van der Waals surface area contributed by atoms with E-state index in [9.17, 15) is 0 Å². The van der Waals surface area contributed by atoms with Crippen LogP contribution < -0.4 is 11.5 Å². The van der Waals surface area contributed by atoms with Gasteiger partial charge in [-0.1, -0.05) is 25.5 Å². The highest BCUT2D eigenvalue weighted by Crippen LogP contribution is 2.29. The van der Waals surface area contributed by atoms with Crippen molar-refractivity contribution in [3.05, 3.63) is 12.2 Å². The predicted octanol–water partition coefficient (Wildman–Crippen LogP) is 2.04. The molecule has 0 amide bonds. The van der Waals surface area contributed by atoms with E-state index in [0.717, 1.165) is 5.92 Å². The summed E-state index contributed by atoms with van der Waals surface area (Å²) in [6.07, 6.45) is 10.7. The van der Waals surface area contributed by atoms with Crippen molar-refractivity contribution < 1.29 is 0 Å². The Balaban J connectivity index is 2.47. The largest absolute Gasteiger partial charge is 0.327 e. The van der Waals surface area contributed by atoms with Crippen molar-refractivity contribution in [3.63, 3.8) is 0 Å². The van der Waals surface area contributed by atoms with Gasteiger partial charge in [-0.2, -0.15) is 0 Å². The van der Waals surface area contributed by atoms with E-state index in [-0.39, 0.29) is 0 Å². The summed E-state index contributed by atoms with van der Waals surface area (Å²) in [5, 5.41) is 0. The molecule has 4 N–H and O–H groups in total. The molecule has 0 bridgehead atoms. The molecule has 0 spiro atoms. The molecule has 82 valence electrons. The Kier molecular flexibility index (Phi) is 5.20. The van der Waals surface area contributed by atoms with Gasteiger partial charge in [0.15, 0.2) is 0 Å². The molecule has 14 heavy (non-hydrogen) atoms. The van der Waals surface area contributed by atoms with E-state index in [2.05, 4.69) is 19.1 Å². The van der Waals surface area contributed by atoms with Crippen molar-refractivity contribution in [2.45, 2.75) is 45.1 Å². The van der Waals surface area contributed by atoms with E-state index in [1.165, 1.54) is 32.1 Å². The normalized spacial score (nSPS) is 34.6. The maximum atomic E-state index is 6.14. The third-order valence-corrected chi connectivity index (χ3v) is 3.46. The van der Waals surface area contributed by atoms with Crippen molar-refractivity contribution in [1.82, 2.24) is 0 Å². The molecule has 3 unspecified atom stereocenters. The molecule has 1 saturated carbocycles. The summed E-state index contributed by atoms with van der Waals surface area (Å²) in [6, 6.07) is 0.356. The van der Waals surface area contributed by atoms with Gasteiger partial charge in [0, 0.05) is 12.6 Å². The first kappa shape index (κ1) is 11.7. The highest BCUT2D eigenvalue weighted by atomic mass is 14.6. The summed E-state index contributed by atoms with van der Waals surface area (Å²) in [4.78, 5) is 0. The average molecular weight is 196 g/mol. The van der Waals surface area contributed by atoms with E-state index in [1.54, 1.807) is 0 Å². The van der Waals surface area contributed by atoms with Crippen LogP contribution >= 0.6 is 0 Å². The fraction of sp³-hybridized carbons (Fsp3) is 0.833. The quantitative estimate of drug-likeness (QED) is 0.536. The van der Waals surface area contributed by atoms with E-state index >= 15 is 0 Å². The van der Waals surface area contributed by atoms with Crippen LogP contribution in [0.2, 0.25) is 0 Å². The van der Waals surface area contributed by atoms with Crippen LogP contribution in [-0.4, -0.2) is 12.6 Å². The minimum Gasteiger partial charge on any atom is -0.327 e. The number of nitrogens with two attached hydrogens (primary N) is 2. The standard InChI is InChI=1S/C12H24N2/c1-2-10-5-7-11(4-3-9-13)12(14)8-6-10/h3-4,10-12H,2,5-9,13-14H2,1H3/b4-3-. The topological polar surface area (TPSA) is 52.0 Å². The molecular formula is C12H24N2. The van der Waals surface area contributed by atoms with Gasteiger partial charge in [-0.3, -0.25) is 0 Å². The zero-order chi connectivity index (χ0) is 10.4. The highest BCUT2D eigenvalue weighted by molar-refractivity contribution is 4.95. The monoisotopic (exact) mass is 196 g/mol. The molecule has 0 radical (unpaired) electrons. The second kappa shape index (κ2) is 6.20. The maximum Gasteiger partial charge on any atom is 0.0106 e. The van der Waals surface area contributed by atoms with Crippen molar-refractivity contribution in [2.24, 2.45) is 23.3 Å². The Bertz CT molecular complexity index is 177. The van der Waals surface area contributed by atoms with Gasteiger partial charge >= 0.3 is 0 Å². The van der Waals surface area contributed by atoms with Crippen molar-refractivity contribution in [1.29, 1.82) is 0 Å². The summed E-state index contributed by atoms with van der Waals surface area (Å²) >= 11 is 0. The van der Waals surface area contributed by atoms with Crippen molar-refractivity contribution >= 4 is 0 Å². The predicted molar refractivity (Wildman–Crippen MR) is 61.9 cm³/mol. The van der Waals surface area contributed by atoms with E-state index in [4.69, 9.17) is 11.5 Å². The molecule has 0 heterocycles. The molecule has 1 fully saturated rings. The average Bonchev–Trinajstić information content (AvgIpc) is 2.38. The summed E-state index contributed by atoms with van der Waals surface area (Å²) in [5.74, 6) is 1.47. The second-order valence-electron chi connectivity index (χ2n) is 4.42. The Labute approximate surface area is 87.7 Å². The van der Waals surface area contributed by atoms with Crippen LogP contribution in [0.15, 0.2) is 12.2 Å². The van der Waals surface area contributed by atoms with Crippen LogP contribution in [-0.2, 0) is 0 Å². The SMILES string of the molecule is CCC1CCC(N)C(/C=C\CN)CC1. The van der Waals surface area contributed by atoms with Crippen LogP contribution in [0.25, 0.3) is 0 Å². The fourth-order valence-electron chi connectivity index (χ4n) is 2.33. The van der Waals surface area contributed by atoms with E-state index in [0.29, 0.717) is 18.5 Å². The molecule has 1 aliphatic rings. The summed E-state index contributed by atoms with van der Waals surface area (Å²) < 4.78 is 0. The van der Waals surface area contributed by atoms with Gasteiger partial charge in [0.25, 0.3) is 0 Å². The van der Waals surface area contributed by atoms with Gasteiger partial charge in [0.2, 0.25) is 0 Å². The zero-order valence-electron chi connectivity index (χ0n) is 9.28. The first-order chi connectivity index (χ1) is 6.77. The van der Waals surface area contributed by atoms with E-state index in [1.807, 2.05) is 0 Å². The molecule has 0 aliphatic heterocycles. The smallest absolute Gasteiger partial charge is 0.0106 e. The van der Waals surface area contributed by atoms with Gasteiger partial charge in [-0.25, -0.2) is 0 Å². The second-order valence-corrected chi connectivity index (χ2v) is 4.42. The minimum absolute atomic E-state index is 0.356. The first-order valence-corrected chi connectivity index (χ1v) is 5.90. The van der Waals surface area contributed by atoms with Crippen LogP contribution in [0.1, 0.15) is 39.0 Å². The zero-order valence-corrected chi connectivity index (χ0v) is 9.28. The lowest BCUT2D eigenvalue weighted by Gasteiger charge is -2.16. The molecule has 0 aromatic carbocycles. The van der Waals surface area contributed by atoms with Gasteiger partial charge in [0.1, 0.15) is 0 Å². The van der Waals surface area contributed by atoms with Crippen molar-refractivity contribution in [3.8, 4) is 0 Å². The van der Waals surface area contributed by atoms with Crippen LogP contribution in [0, 0.1) is 11.8 Å². The summed E-state index contributed by atoms with van der Waals surface area (Å²) in [5.41, 5.74) is 11.6. The van der Waals surface area contributed by atoms with Gasteiger partial charge < -0.3 is 11.5 Å². The van der Waals surface area contributed by atoms with Crippen LogP contribution in [0.5, 0.6) is 0 Å². The van der Waals surface area contributed by atoms with E-state index < -0.39 is 0 Å². The number of hydrogen-bond acceptors (Lipinski definition) is 2. The molecule has 2 nitrogen and oxygen atoms in total. The Morgan fingerprint density at radius 2 is 1.93 bits per heavy atom. The lowest BCUT2D eigenvalue weighted by Crippen LogP contribution is -2.27. The molecule has 3 atom stereocenters. The lowest BCUT2D eigenvalue weighted by atomic mass is 9.94. The third kappa shape index (κ3) is 3.43. The Morgan fingerprint density at radius 3 is 2.57 bits per heavy atom. The molecule has 1 rings (SSSR count).